The highest BCUT2D eigenvalue weighted by Gasteiger charge is 2.28. The fourth-order valence-electron chi connectivity index (χ4n) is 2.12. The maximum Gasteiger partial charge on any atom is 0.227 e. The fraction of sp³-hybridized carbons (Fsp3) is 0.588. The molecule has 0 atom stereocenters. The van der Waals surface area contributed by atoms with Gasteiger partial charge in [-0.05, 0) is 39.9 Å². The first-order chi connectivity index (χ1) is 9.36. The van der Waals surface area contributed by atoms with Gasteiger partial charge in [-0.25, -0.2) is 0 Å². The largest absolute Gasteiger partial charge is 0.336 e. The van der Waals surface area contributed by atoms with Crippen molar-refractivity contribution in [2.24, 2.45) is 0 Å². The lowest BCUT2D eigenvalue weighted by Gasteiger charge is -2.39. The molecule has 3 nitrogen and oxygen atoms in total. The maximum absolute atomic E-state index is 12.6. The molecule has 1 rings (SSSR count). The number of carbonyl (C=O) groups excluding carboxylic acids is 1. The Hall–Kier alpha value is -1.35. The molecule has 20 heavy (non-hydrogen) atoms. The molecule has 3 heteroatoms. The molecule has 1 amide bonds. The maximum atomic E-state index is 12.6. The van der Waals surface area contributed by atoms with Crippen LogP contribution in [0.15, 0.2) is 30.3 Å². The summed E-state index contributed by atoms with van der Waals surface area (Å²) in [5.41, 5.74) is 0.987. The number of rotatable bonds is 7. The van der Waals surface area contributed by atoms with Crippen molar-refractivity contribution >= 4 is 5.91 Å². The number of amides is 1. The van der Waals surface area contributed by atoms with Crippen molar-refractivity contribution in [3.63, 3.8) is 0 Å². The van der Waals surface area contributed by atoms with Gasteiger partial charge in [0.15, 0.2) is 0 Å². The summed E-state index contributed by atoms with van der Waals surface area (Å²) in [4.78, 5) is 16.8. The summed E-state index contributed by atoms with van der Waals surface area (Å²) in [5, 5.41) is 0. The molecule has 0 bridgehead atoms. The van der Waals surface area contributed by atoms with Crippen LogP contribution in [0.5, 0.6) is 0 Å². The summed E-state index contributed by atoms with van der Waals surface area (Å²) in [6, 6.07) is 9.98. The smallest absolute Gasteiger partial charge is 0.227 e. The van der Waals surface area contributed by atoms with Crippen LogP contribution in [0.25, 0.3) is 0 Å². The van der Waals surface area contributed by atoms with Crippen LogP contribution in [-0.2, 0) is 11.2 Å². The van der Waals surface area contributed by atoms with E-state index in [9.17, 15) is 4.79 Å². The number of likely N-dealkylation sites (N-methyl/N-ethyl adjacent to an activating group) is 1. The van der Waals surface area contributed by atoms with E-state index in [1.54, 1.807) is 0 Å². The Bertz CT molecular complexity index is 412. The molecule has 0 spiro atoms. The lowest BCUT2D eigenvalue weighted by molar-refractivity contribution is -0.136. The zero-order valence-electron chi connectivity index (χ0n) is 13.5. The highest BCUT2D eigenvalue weighted by molar-refractivity contribution is 5.79. The molecule has 0 unspecified atom stereocenters. The molecule has 0 aliphatic rings. The minimum atomic E-state index is -0.0954. The van der Waals surface area contributed by atoms with Gasteiger partial charge in [0.05, 0.1) is 6.42 Å². The quantitative estimate of drug-likeness (QED) is 0.764. The van der Waals surface area contributed by atoms with Crippen LogP contribution in [0.3, 0.4) is 0 Å². The highest BCUT2D eigenvalue weighted by Crippen LogP contribution is 2.19. The van der Waals surface area contributed by atoms with E-state index in [1.807, 2.05) is 49.3 Å². The number of nitrogens with zero attached hydrogens (tertiary/aromatic N) is 2. The zero-order chi connectivity index (χ0) is 15.2. The van der Waals surface area contributed by atoms with Gasteiger partial charge >= 0.3 is 0 Å². The van der Waals surface area contributed by atoms with Gasteiger partial charge in [0, 0.05) is 18.6 Å². The Balaban J connectivity index is 2.79. The molecule has 0 radical (unpaired) electrons. The second-order valence-corrected chi connectivity index (χ2v) is 6.18. The van der Waals surface area contributed by atoms with Gasteiger partial charge in [-0.2, -0.15) is 0 Å². The van der Waals surface area contributed by atoms with Crippen molar-refractivity contribution in [3.05, 3.63) is 35.9 Å². The molecule has 1 aromatic rings. The van der Waals surface area contributed by atoms with Crippen molar-refractivity contribution in [1.82, 2.24) is 9.80 Å². The second kappa shape index (κ2) is 7.44. The fourth-order valence-corrected chi connectivity index (χ4v) is 2.12. The van der Waals surface area contributed by atoms with Crippen molar-refractivity contribution < 1.29 is 4.79 Å². The molecular weight excluding hydrogens is 248 g/mol. The summed E-state index contributed by atoms with van der Waals surface area (Å²) in [7, 11) is 4.08. The van der Waals surface area contributed by atoms with Crippen molar-refractivity contribution in [1.29, 1.82) is 0 Å². The Morgan fingerprint density at radius 3 is 2.20 bits per heavy atom. The minimum Gasteiger partial charge on any atom is -0.336 e. The van der Waals surface area contributed by atoms with E-state index in [-0.39, 0.29) is 11.4 Å². The molecule has 0 fully saturated rings. The molecule has 0 aromatic heterocycles. The van der Waals surface area contributed by atoms with E-state index in [2.05, 4.69) is 25.7 Å². The topological polar surface area (TPSA) is 23.6 Å². The van der Waals surface area contributed by atoms with Crippen LogP contribution in [0.1, 0.15) is 32.8 Å². The normalized spacial score (nSPS) is 11.7. The molecule has 0 heterocycles. The van der Waals surface area contributed by atoms with Crippen molar-refractivity contribution in [3.8, 4) is 0 Å². The number of carbonyl (C=O) groups is 1. The molecule has 0 saturated heterocycles. The third-order valence-electron chi connectivity index (χ3n) is 3.87. The number of hydrogen-bond donors (Lipinski definition) is 0. The predicted molar refractivity (Wildman–Crippen MR) is 84.8 cm³/mol. The average Bonchev–Trinajstić information content (AvgIpc) is 2.39. The van der Waals surface area contributed by atoms with Crippen molar-refractivity contribution in [2.45, 2.75) is 39.2 Å². The van der Waals surface area contributed by atoms with Gasteiger partial charge in [0.25, 0.3) is 0 Å². The number of hydrogen-bond acceptors (Lipinski definition) is 2. The second-order valence-electron chi connectivity index (χ2n) is 6.18. The summed E-state index contributed by atoms with van der Waals surface area (Å²) in [6.45, 7) is 8.10. The Labute approximate surface area is 123 Å². The summed E-state index contributed by atoms with van der Waals surface area (Å²) >= 11 is 0. The van der Waals surface area contributed by atoms with Crippen LogP contribution in [0.4, 0.5) is 0 Å². The lowest BCUT2D eigenvalue weighted by atomic mass is 9.98. The first-order valence-electron chi connectivity index (χ1n) is 7.36. The number of benzene rings is 1. The standard InChI is InChI=1S/C17H28N2O/c1-6-17(2,3)19(13-12-18(4)5)16(20)14-15-10-8-7-9-11-15/h7-11H,6,12-14H2,1-5H3. The predicted octanol–water partition coefficient (Wildman–Crippen LogP) is 2.81. The van der Waals surface area contributed by atoms with Gasteiger partial charge in [-0.1, -0.05) is 37.3 Å². The highest BCUT2D eigenvalue weighted by atomic mass is 16.2. The Morgan fingerprint density at radius 2 is 1.70 bits per heavy atom. The van der Waals surface area contributed by atoms with Gasteiger partial charge in [0.1, 0.15) is 0 Å². The van der Waals surface area contributed by atoms with E-state index in [0.29, 0.717) is 6.42 Å². The Kier molecular flexibility index (Phi) is 6.21. The molecule has 112 valence electrons. The van der Waals surface area contributed by atoms with Crippen LogP contribution >= 0.6 is 0 Å². The monoisotopic (exact) mass is 276 g/mol. The van der Waals surface area contributed by atoms with Gasteiger partial charge in [0.2, 0.25) is 5.91 Å². The molecule has 0 saturated carbocycles. The minimum absolute atomic E-state index is 0.0954. The first-order valence-corrected chi connectivity index (χ1v) is 7.36. The van der Waals surface area contributed by atoms with Gasteiger partial charge in [-0.15, -0.1) is 0 Å². The third kappa shape index (κ3) is 4.97. The Morgan fingerprint density at radius 1 is 1.10 bits per heavy atom. The zero-order valence-corrected chi connectivity index (χ0v) is 13.5. The molecule has 0 aliphatic heterocycles. The molecular formula is C17H28N2O. The van der Waals surface area contributed by atoms with E-state index in [0.717, 1.165) is 25.1 Å². The van der Waals surface area contributed by atoms with Gasteiger partial charge in [-0.3, -0.25) is 4.79 Å². The SMILES string of the molecule is CCC(C)(C)N(CCN(C)C)C(=O)Cc1ccccc1. The van der Waals surface area contributed by atoms with Crippen LogP contribution in [-0.4, -0.2) is 48.4 Å². The molecule has 0 aliphatic carbocycles. The molecule has 1 aromatic carbocycles. The van der Waals surface area contributed by atoms with E-state index in [1.165, 1.54) is 0 Å². The van der Waals surface area contributed by atoms with Crippen LogP contribution in [0.2, 0.25) is 0 Å². The van der Waals surface area contributed by atoms with E-state index >= 15 is 0 Å². The lowest BCUT2D eigenvalue weighted by Crippen LogP contribution is -2.50. The van der Waals surface area contributed by atoms with Gasteiger partial charge < -0.3 is 9.80 Å². The molecule has 0 N–H and O–H groups in total. The van der Waals surface area contributed by atoms with Crippen LogP contribution < -0.4 is 0 Å². The van der Waals surface area contributed by atoms with E-state index in [4.69, 9.17) is 0 Å². The van der Waals surface area contributed by atoms with Crippen molar-refractivity contribution in [2.75, 3.05) is 27.2 Å². The summed E-state index contributed by atoms with van der Waals surface area (Å²) < 4.78 is 0. The van der Waals surface area contributed by atoms with Crippen LogP contribution in [0, 0.1) is 0 Å². The summed E-state index contributed by atoms with van der Waals surface area (Å²) in [5.74, 6) is 0.213. The summed E-state index contributed by atoms with van der Waals surface area (Å²) in [6.07, 6.45) is 1.44. The average molecular weight is 276 g/mol. The third-order valence-corrected chi connectivity index (χ3v) is 3.87. The first kappa shape index (κ1) is 16.7. The van der Waals surface area contributed by atoms with E-state index < -0.39 is 0 Å².